The van der Waals surface area contributed by atoms with Crippen molar-refractivity contribution in [1.82, 2.24) is 5.32 Å². The second kappa shape index (κ2) is 4.64. The zero-order chi connectivity index (χ0) is 10.7. The molecule has 82 valence electrons. The molecule has 0 saturated heterocycles. The van der Waals surface area contributed by atoms with Gasteiger partial charge in [-0.3, -0.25) is 0 Å². The SMILES string of the molecule is OC1(CNCc2cccc(Br)c2)CCC1. The van der Waals surface area contributed by atoms with Gasteiger partial charge in [0.05, 0.1) is 5.60 Å². The zero-order valence-corrected chi connectivity index (χ0v) is 10.3. The molecule has 0 aliphatic heterocycles. The number of hydrogen-bond acceptors (Lipinski definition) is 2. The minimum absolute atomic E-state index is 0.425. The molecule has 2 nitrogen and oxygen atoms in total. The van der Waals surface area contributed by atoms with Gasteiger partial charge in [-0.2, -0.15) is 0 Å². The summed E-state index contributed by atoms with van der Waals surface area (Å²) in [5.74, 6) is 0. The van der Waals surface area contributed by atoms with E-state index in [0.29, 0.717) is 6.54 Å². The molecule has 0 unspecified atom stereocenters. The summed E-state index contributed by atoms with van der Waals surface area (Å²) in [6, 6.07) is 8.22. The van der Waals surface area contributed by atoms with Gasteiger partial charge in [-0.05, 0) is 37.0 Å². The predicted molar refractivity (Wildman–Crippen MR) is 64.6 cm³/mol. The van der Waals surface area contributed by atoms with Gasteiger partial charge in [-0.1, -0.05) is 28.1 Å². The molecule has 3 heteroatoms. The Bertz CT molecular complexity index is 336. The molecule has 1 aromatic carbocycles. The molecule has 0 atom stereocenters. The van der Waals surface area contributed by atoms with Crippen LogP contribution in [-0.4, -0.2) is 17.3 Å². The Morgan fingerprint density at radius 3 is 2.80 bits per heavy atom. The fourth-order valence-electron chi connectivity index (χ4n) is 1.85. The van der Waals surface area contributed by atoms with Gasteiger partial charge in [-0.25, -0.2) is 0 Å². The monoisotopic (exact) mass is 269 g/mol. The lowest BCUT2D eigenvalue weighted by Crippen LogP contribution is -2.45. The highest BCUT2D eigenvalue weighted by atomic mass is 79.9. The normalized spacial score (nSPS) is 18.5. The van der Waals surface area contributed by atoms with Crippen LogP contribution in [0, 0.1) is 0 Å². The maximum Gasteiger partial charge on any atom is 0.0771 e. The van der Waals surface area contributed by atoms with Gasteiger partial charge in [0.1, 0.15) is 0 Å². The number of nitrogens with one attached hydrogen (secondary N) is 1. The van der Waals surface area contributed by atoms with E-state index in [0.717, 1.165) is 30.3 Å². The lowest BCUT2D eigenvalue weighted by molar-refractivity contribution is -0.0314. The summed E-state index contributed by atoms with van der Waals surface area (Å²) in [5, 5.41) is 13.2. The fraction of sp³-hybridized carbons (Fsp3) is 0.500. The van der Waals surface area contributed by atoms with Crippen LogP contribution in [0.2, 0.25) is 0 Å². The van der Waals surface area contributed by atoms with Crippen molar-refractivity contribution < 1.29 is 5.11 Å². The first-order valence-corrected chi connectivity index (χ1v) is 6.15. The van der Waals surface area contributed by atoms with Crippen LogP contribution >= 0.6 is 15.9 Å². The van der Waals surface area contributed by atoms with Crippen LogP contribution in [-0.2, 0) is 6.54 Å². The van der Waals surface area contributed by atoms with Gasteiger partial charge in [0.2, 0.25) is 0 Å². The average Bonchev–Trinajstić information content (AvgIpc) is 2.15. The molecule has 0 aromatic heterocycles. The third kappa shape index (κ3) is 3.03. The van der Waals surface area contributed by atoms with E-state index in [1.165, 1.54) is 5.56 Å². The molecule has 1 fully saturated rings. The molecule has 1 saturated carbocycles. The van der Waals surface area contributed by atoms with E-state index in [4.69, 9.17) is 0 Å². The third-order valence-corrected chi connectivity index (χ3v) is 3.45. The molecule has 1 aromatic rings. The van der Waals surface area contributed by atoms with E-state index >= 15 is 0 Å². The molecular weight excluding hydrogens is 254 g/mol. The summed E-state index contributed by atoms with van der Waals surface area (Å²) in [6.45, 7) is 1.53. The van der Waals surface area contributed by atoms with Crippen LogP contribution in [0.4, 0.5) is 0 Å². The topological polar surface area (TPSA) is 32.3 Å². The highest BCUT2D eigenvalue weighted by Crippen LogP contribution is 2.30. The van der Waals surface area contributed by atoms with E-state index < -0.39 is 5.60 Å². The Kier molecular flexibility index (Phi) is 3.44. The van der Waals surface area contributed by atoms with Crippen LogP contribution in [0.1, 0.15) is 24.8 Å². The number of benzene rings is 1. The largest absolute Gasteiger partial charge is 0.389 e. The summed E-state index contributed by atoms with van der Waals surface area (Å²) in [7, 11) is 0. The van der Waals surface area contributed by atoms with Crippen molar-refractivity contribution in [2.75, 3.05) is 6.54 Å². The Hall–Kier alpha value is -0.380. The zero-order valence-electron chi connectivity index (χ0n) is 8.67. The summed E-state index contributed by atoms with van der Waals surface area (Å²) in [6.07, 6.45) is 3.05. The summed E-state index contributed by atoms with van der Waals surface area (Å²) < 4.78 is 1.10. The van der Waals surface area contributed by atoms with Crippen molar-refractivity contribution in [3.63, 3.8) is 0 Å². The molecule has 2 N–H and O–H groups in total. The molecule has 0 heterocycles. The smallest absolute Gasteiger partial charge is 0.0771 e. The molecule has 0 spiro atoms. The number of halogens is 1. The van der Waals surface area contributed by atoms with E-state index in [2.05, 4.69) is 33.4 Å². The van der Waals surface area contributed by atoms with E-state index in [1.807, 2.05) is 12.1 Å². The van der Waals surface area contributed by atoms with E-state index in [9.17, 15) is 5.11 Å². The maximum absolute atomic E-state index is 9.87. The average molecular weight is 270 g/mol. The minimum Gasteiger partial charge on any atom is -0.389 e. The molecule has 15 heavy (non-hydrogen) atoms. The molecule has 0 bridgehead atoms. The second-order valence-electron chi connectivity index (χ2n) is 4.31. The van der Waals surface area contributed by atoms with Crippen LogP contribution in [0.25, 0.3) is 0 Å². The third-order valence-electron chi connectivity index (χ3n) is 2.96. The van der Waals surface area contributed by atoms with Crippen molar-refractivity contribution in [2.24, 2.45) is 0 Å². The highest BCUT2D eigenvalue weighted by Gasteiger charge is 2.33. The Balaban J connectivity index is 1.78. The Morgan fingerprint density at radius 1 is 1.40 bits per heavy atom. The summed E-state index contributed by atoms with van der Waals surface area (Å²) in [5.41, 5.74) is 0.818. The van der Waals surface area contributed by atoms with Crippen LogP contribution < -0.4 is 5.32 Å². The Morgan fingerprint density at radius 2 is 2.20 bits per heavy atom. The van der Waals surface area contributed by atoms with Gasteiger partial charge < -0.3 is 10.4 Å². The van der Waals surface area contributed by atoms with Crippen molar-refractivity contribution in [1.29, 1.82) is 0 Å². The summed E-state index contributed by atoms with van der Waals surface area (Å²) in [4.78, 5) is 0. The van der Waals surface area contributed by atoms with Crippen LogP contribution in [0.15, 0.2) is 28.7 Å². The molecule has 0 radical (unpaired) electrons. The van der Waals surface area contributed by atoms with Crippen molar-refractivity contribution in [2.45, 2.75) is 31.4 Å². The second-order valence-corrected chi connectivity index (χ2v) is 5.23. The van der Waals surface area contributed by atoms with Crippen molar-refractivity contribution >= 4 is 15.9 Å². The van der Waals surface area contributed by atoms with Crippen LogP contribution in [0.5, 0.6) is 0 Å². The number of rotatable bonds is 4. The van der Waals surface area contributed by atoms with Gasteiger partial charge in [0.15, 0.2) is 0 Å². The van der Waals surface area contributed by atoms with E-state index in [-0.39, 0.29) is 0 Å². The lowest BCUT2D eigenvalue weighted by Gasteiger charge is -2.36. The Labute approximate surface area is 98.8 Å². The first kappa shape index (κ1) is 11.1. The number of hydrogen-bond donors (Lipinski definition) is 2. The first-order chi connectivity index (χ1) is 7.18. The maximum atomic E-state index is 9.87. The lowest BCUT2D eigenvalue weighted by atomic mass is 9.80. The van der Waals surface area contributed by atoms with E-state index in [1.54, 1.807) is 0 Å². The molecule has 0 amide bonds. The van der Waals surface area contributed by atoms with Gasteiger partial charge in [0.25, 0.3) is 0 Å². The van der Waals surface area contributed by atoms with Crippen molar-refractivity contribution in [3.05, 3.63) is 34.3 Å². The fourth-order valence-corrected chi connectivity index (χ4v) is 2.29. The molecule has 2 rings (SSSR count). The summed E-state index contributed by atoms with van der Waals surface area (Å²) >= 11 is 3.44. The predicted octanol–water partition coefficient (Wildman–Crippen LogP) is 2.45. The van der Waals surface area contributed by atoms with Crippen LogP contribution in [0.3, 0.4) is 0 Å². The van der Waals surface area contributed by atoms with Gasteiger partial charge in [0, 0.05) is 17.6 Å². The number of aliphatic hydroxyl groups is 1. The van der Waals surface area contributed by atoms with Gasteiger partial charge >= 0.3 is 0 Å². The first-order valence-electron chi connectivity index (χ1n) is 5.36. The molecule has 1 aliphatic rings. The highest BCUT2D eigenvalue weighted by molar-refractivity contribution is 9.10. The molecule has 1 aliphatic carbocycles. The van der Waals surface area contributed by atoms with Crippen molar-refractivity contribution in [3.8, 4) is 0 Å². The quantitative estimate of drug-likeness (QED) is 0.880. The standard InChI is InChI=1S/C12H16BrNO/c13-11-4-1-3-10(7-11)8-14-9-12(15)5-2-6-12/h1,3-4,7,14-15H,2,5-6,8-9H2. The van der Waals surface area contributed by atoms with Gasteiger partial charge in [-0.15, -0.1) is 0 Å². The minimum atomic E-state index is -0.425. The molecular formula is C12H16BrNO.